The molecule has 0 bridgehead atoms. The molecule has 1 aromatic rings. The molecule has 6 heteroatoms. The Bertz CT molecular complexity index is 357. The number of hydrogen-bond donors (Lipinski definition) is 2. The van der Waals surface area contributed by atoms with Crippen molar-refractivity contribution in [2.45, 2.75) is 38.9 Å². The molecule has 1 heterocycles. The van der Waals surface area contributed by atoms with Crippen LogP contribution in [0.1, 0.15) is 27.7 Å². The van der Waals surface area contributed by atoms with Gasteiger partial charge >= 0.3 is 7.12 Å². The highest BCUT2D eigenvalue weighted by Gasteiger charge is 2.40. The lowest BCUT2D eigenvalue weighted by Gasteiger charge is -2.38. The summed E-state index contributed by atoms with van der Waals surface area (Å²) in [6.45, 7) is 6.74. The first-order chi connectivity index (χ1) is 7.15. The van der Waals surface area contributed by atoms with Crippen molar-refractivity contribution in [3.05, 3.63) is 12.3 Å². The summed E-state index contributed by atoms with van der Waals surface area (Å²) < 4.78 is 7.01. The third-order valence-electron chi connectivity index (χ3n) is 2.99. The minimum absolute atomic E-state index is 0.553. The normalized spacial score (nSPS) is 12.9. The van der Waals surface area contributed by atoms with Crippen LogP contribution in [0.2, 0.25) is 0 Å². The second kappa shape index (κ2) is 4.20. The molecule has 0 saturated carbocycles. The molecule has 0 amide bonds. The molecule has 1 rings (SSSR count). The summed E-state index contributed by atoms with van der Waals surface area (Å²) in [5.74, 6) is 0. The van der Waals surface area contributed by atoms with Crippen LogP contribution in [0.25, 0.3) is 0 Å². The highest BCUT2D eigenvalue weighted by Crippen LogP contribution is 2.25. The van der Waals surface area contributed by atoms with E-state index in [0.717, 1.165) is 0 Å². The average Bonchev–Trinajstić information content (AvgIpc) is 2.48. The SMILES string of the molecule is Cn1nccc1B(O)OC(C)(C)C(C)(C)O. The van der Waals surface area contributed by atoms with Gasteiger partial charge < -0.3 is 14.8 Å². The van der Waals surface area contributed by atoms with Crippen molar-refractivity contribution in [1.82, 2.24) is 9.78 Å². The van der Waals surface area contributed by atoms with Gasteiger partial charge in [0.05, 0.1) is 16.8 Å². The maximum Gasteiger partial charge on any atom is 0.510 e. The molecular weight excluding hydrogens is 207 g/mol. The predicted octanol–water partition coefficient (Wildman–Crippen LogP) is -0.326. The smallest absolute Gasteiger partial charge is 0.422 e. The van der Waals surface area contributed by atoms with Crippen LogP contribution in [0.5, 0.6) is 0 Å². The van der Waals surface area contributed by atoms with Crippen LogP contribution >= 0.6 is 0 Å². The van der Waals surface area contributed by atoms with Crippen LogP contribution in [0.15, 0.2) is 12.3 Å². The number of rotatable bonds is 4. The molecule has 0 aliphatic carbocycles. The van der Waals surface area contributed by atoms with Gasteiger partial charge in [0.25, 0.3) is 0 Å². The minimum atomic E-state index is -1.10. The van der Waals surface area contributed by atoms with Gasteiger partial charge in [0.15, 0.2) is 0 Å². The Hall–Kier alpha value is -0.845. The molecule has 90 valence electrons. The van der Waals surface area contributed by atoms with Crippen molar-refractivity contribution >= 4 is 12.7 Å². The molecule has 16 heavy (non-hydrogen) atoms. The number of aromatic nitrogens is 2. The second-order valence-electron chi connectivity index (χ2n) is 4.92. The number of aryl methyl sites for hydroxylation is 1. The third-order valence-corrected chi connectivity index (χ3v) is 2.99. The van der Waals surface area contributed by atoms with Crippen molar-refractivity contribution in [3.63, 3.8) is 0 Å². The lowest BCUT2D eigenvalue weighted by molar-refractivity contribution is -0.0984. The maximum absolute atomic E-state index is 9.90. The van der Waals surface area contributed by atoms with E-state index in [1.807, 2.05) is 0 Å². The molecular formula is C10H19BN2O3. The van der Waals surface area contributed by atoms with Crippen molar-refractivity contribution in [2.75, 3.05) is 0 Å². The zero-order valence-corrected chi connectivity index (χ0v) is 10.4. The summed E-state index contributed by atoms with van der Waals surface area (Å²) in [6, 6.07) is 1.67. The second-order valence-corrected chi connectivity index (χ2v) is 4.92. The topological polar surface area (TPSA) is 67.5 Å². The zero-order chi connectivity index (χ0) is 12.6. The van der Waals surface area contributed by atoms with Crippen molar-refractivity contribution in [3.8, 4) is 0 Å². The van der Waals surface area contributed by atoms with Crippen molar-refractivity contribution in [2.24, 2.45) is 7.05 Å². The van der Waals surface area contributed by atoms with E-state index in [1.165, 1.54) is 4.68 Å². The molecule has 0 aliphatic heterocycles. The van der Waals surface area contributed by atoms with Crippen LogP contribution in [0, 0.1) is 0 Å². The lowest BCUT2D eigenvalue weighted by atomic mass is 9.80. The molecule has 1 aromatic heterocycles. The van der Waals surface area contributed by atoms with Crippen LogP contribution in [-0.2, 0) is 11.7 Å². The van der Waals surface area contributed by atoms with Gasteiger partial charge in [0.1, 0.15) is 0 Å². The number of nitrogens with zero attached hydrogens (tertiary/aromatic N) is 2. The minimum Gasteiger partial charge on any atom is -0.422 e. The van der Waals surface area contributed by atoms with Crippen LogP contribution < -0.4 is 5.59 Å². The van der Waals surface area contributed by atoms with E-state index in [1.54, 1.807) is 47.0 Å². The summed E-state index contributed by atoms with van der Waals surface area (Å²) >= 11 is 0. The number of aliphatic hydroxyl groups is 1. The van der Waals surface area contributed by atoms with Gasteiger partial charge in [0, 0.05) is 13.2 Å². The summed E-state index contributed by atoms with van der Waals surface area (Å²) in [4.78, 5) is 0. The van der Waals surface area contributed by atoms with Crippen LogP contribution in [0.4, 0.5) is 0 Å². The summed E-state index contributed by atoms with van der Waals surface area (Å²) in [5, 5.41) is 23.7. The molecule has 0 saturated heterocycles. The molecule has 5 nitrogen and oxygen atoms in total. The van der Waals surface area contributed by atoms with Gasteiger partial charge in [-0.3, -0.25) is 4.68 Å². The first kappa shape index (κ1) is 13.2. The zero-order valence-electron chi connectivity index (χ0n) is 10.4. The fourth-order valence-electron chi connectivity index (χ4n) is 1.11. The van der Waals surface area contributed by atoms with E-state index in [9.17, 15) is 10.1 Å². The average molecular weight is 226 g/mol. The Morgan fingerprint density at radius 1 is 1.38 bits per heavy atom. The van der Waals surface area contributed by atoms with Crippen LogP contribution in [-0.4, -0.2) is 38.2 Å². The first-order valence-corrected chi connectivity index (χ1v) is 5.21. The van der Waals surface area contributed by atoms with Gasteiger partial charge in [-0.05, 0) is 33.8 Å². The Morgan fingerprint density at radius 3 is 2.31 bits per heavy atom. The Kier molecular flexibility index (Phi) is 3.47. The highest BCUT2D eigenvalue weighted by molar-refractivity contribution is 6.59. The molecule has 0 fully saturated rings. The van der Waals surface area contributed by atoms with E-state index in [2.05, 4.69) is 5.10 Å². The third kappa shape index (κ3) is 2.64. The molecule has 0 aliphatic rings. The molecule has 0 radical (unpaired) electrons. The fraction of sp³-hybridized carbons (Fsp3) is 0.700. The molecule has 0 unspecified atom stereocenters. The summed E-state index contributed by atoms with van der Waals surface area (Å²) in [6.07, 6.45) is 1.58. The molecule has 0 spiro atoms. The molecule has 2 N–H and O–H groups in total. The standard InChI is InChI=1S/C10H19BN2O3/c1-9(2,14)10(3,4)16-11(15)8-6-7-12-13(8)5/h6-7,14-15H,1-5H3. The summed E-state index contributed by atoms with van der Waals surface area (Å²) in [5.41, 5.74) is -1.36. The van der Waals surface area contributed by atoms with Gasteiger partial charge in [-0.25, -0.2) is 0 Å². The van der Waals surface area contributed by atoms with Crippen LogP contribution in [0.3, 0.4) is 0 Å². The predicted molar refractivity (Wildman–Crippen MR) is 62.3 cm³/mol. The van der Waals surface area contributed by atoms with E-state index < -0.39 is 18.3 Å². The fourth-order valence-corrected chi connectivity index (χ4v) is 1.11. The molecule has 0 aromatic carbocycles. The summed E-state index contributed by atoms with van der Waals surface area (Å²) in [7, 11) is 0.618. The van der Waals surface area contributed by atoms with Crippen molar-refractivity contribution < 1.29 is 14.8 Å². The number of hydrogen-bond acceptors (Lipinski definition) is 4. The first-order valence-electron chi connectivity index (χ1n) is 5.21. The van der Waals surface area contributed by atoms with Gasteiger partial charge in [-0.1, -0.05) is 0 Å². The van der Waals surface area contributed by atoms with E-state index in [4.69, 9.17) is 4.65 Å². The lowest BCUT2D eigenvalue weighted by Crippen LogP contribution is -2.54. The van der Waals surface area contributed by atoms with Gasteiger partial charge in [-0.15, -0.1) is 0 Å². The monoisotopic (exact) mass is 226 g/mol. The Morgan fingerprint density at radius 2 is 1.94 bits per heavy atom. The molecule has 0 atom stereocenters. The highest BCUT2D eigenvalue weighted by atomic mass is 16.5. The van der Waals surface area contributed by atoms with Gasteiger partial charge in [0.2, 0.25) is 0 Å². The van der Waals surface area contributed by atoms with E-state index in [-0.39, 0.29) is 0 Å². The van der Waals surface area contributed by atoms with E-state index >= 15 is 0 Å². The Labute approximate surface area is 96.2 Å². The maximum atomic E-state index is 9.90. The van der Waals surface area contributed by atoms with E-state index in [0.29, 0.717) is 5.59 Å². The Balaban J connectivity index is 2.80. The largest absolute Gasteiger partial charge is 0.510 e. The van der Waals surface area contributed by atoms with Crippen molar-refractivity contribution in [1.29, 1.82) is 0 Å². The van der Waals surface area contributed by atoms with Gasteiger partial charge in [-0.2, -0.15) is 5.10 Å². The quantitative estimate of drug-likeness (QED) is 0.690.